The number of rotatable bonds is 4. The maximum absolute atomic E-state index is 13.7. The zero-order valence-electron chi connectivity index (χ0n) is 13.8. The standard InChI is InChI=1S/C18H10F6N2O2/c19-9-1-3-12(15(21)5-9)16-7-11(26-28-16)8-17(27)25-10-2-4-14(20)13(6-10)18(22,23)24/h1-7H,8H2,(H,25,27). The number of amides is 1. The Morgan fingerprint density at radius 3 is 2.43 bits per heavy atom. The lowest BCUT2D eigenvalue weighted by atomic mass is 10.1. The molecule has 2 aromatic carbocycles. The van der Waals surface area contributed by atoms with E-state index in [1.54, 1.807) is 0 Å². The van der Waals surface area contributed by atoms with Crippen molar-refractivity contribution in [3.05, 3.63) is 71.2 Å². The van der Waals surface area contributed by atoms with Gasteiger partial charge in [0.05, 0.1) is 23.2 Å². The third-order valence-corrected chi connectivity index (χ3v) is 3.65. The Morgan fingerprint density at radius 2 is 1.75 bits per heavy atom. The molecule has 0 radical (unpaired) electrons. The van der Waals surface area contributed by atoms with E-state index < -0.39 is 41.5 Å². The summed E-state index contributed by atoms with van der Waals surface area (Å²) < 4.78 is 83.0. The monoisotopic (exact) mass is 400 g/mol. The molecule has 3 aromatic rings. The molecule has 0 spiro atoms. The van der Waals surface area contributed by atoms with E-state index >= 15 is 0 Å². The topological polar surface area (TPSA) is 55.1 Å². The highest BCUT2D eigenvalue weighted by atomic mass is 19.4. The number of aromatic nitrogens is 1. The van der Waals surface area contributed by atoms with Gasteiger partial charge in [0.25, 0.3) is 0 Å². The molecule has 1 aromatic heterocycles. The lowest BCUT2D eigenvalue weighted by molar-refractivity contribution is -0.140. The van der Waals surface area contributed by atoms with Gasteiger partial charge in [-0.25, -0.2) is 13.2 Å². The first-order valence-electron chi connectivity index (χ1n) is 7.71. The van der Waals surface area contributed by atoms with E-state index in [1.807, 2.05) is 0 Å². The minimum absolute atomic E-state index is 0.0542. The smallest absolute Gasteiger partial charge is 0.356 e. The van der Waals surface area contributed by atoms with Crippen LogP contribution >= 0.6 is 0 Å². The Bertz CT molecular complexity index is 1030. The number of nitrogens with zero attached hydrogens (tertiary/aromatic N) is 1. The molecule has 0 aliphatic heterocycles. The molecule has 0 unspecified atom stereocenters. The van der Waals surface area contributed by atoms with Crippen molar-refractivity contribution in [3.63, 3.8) is 0 Å². The van der Waals surface area contributed by atoms with Crippen molar-refractivity contribution < 1.29 is 35.7 Å². The summed E-state index contributed by atoms with van der Waals surface area (Å²) in [6.45, 7) is 0. The molecule has 0 fully saturated rings. The molecule has 0 saturated heterocycles. The number of anilines is 1. The van der Waals surface area contributed by atoms with Crippen LogP contribution in [0.15, 0.2) is 47.0 Å². The van der Waals surface area contributed by atoms with Gasteiger partial charge in [0.15, 0.2) is 5.76 Å². The first-order valence-corrected chi connectivity index (χ1v) is 7.71. The quantitative estimate of drug-likeness (QED) is 0.630. The van der Waals surface area contributed by atoms with Gasteiger partial charge in [-0.2, -0.15) is 13.2 Å². The lowest BCUT2D eigenvalue weighted by Crippen LogP contribution is -2.16. The molecule has 1 N–H and O–H groups in total. The molecule has 3 rings (SSSR count). The summed E-state index contributed by atoms with van der Waals surface area (Å²) in [4.78, 5) is 12.0. The van der Waals surface area contributed by atoms with Crippen molar-refractivity contribution in [2.75, 3.05) is 5.32 Å². The maximum Gasteiger partial charge on any atom is 0.419 e. The summed E-state index contributed by atoms with van der Waals surface area (Å²) in [6.07, 6.45) is -5.31. The summed E-state index contributed by atoms with van der Waals surface area (Å²) in [7, 11) is 0. The number of carbonyl (C=O) groups excluding carboxylic acids is 1. The Hall–Kier alpha value is -3.30. The van der Waals surface area contributed by atoms with Crippen LogP contribution in [0, 0.1) is 17.5 Å². The van der Waals surface area contributed by atoms with Gasteiger partial charge in [-0.05, 0) is 30.3 Å². The molecular weight excluding hydrogens is 390 g/mol. The first kappa shape index (κ1) is 19.5. The maximum atomic E-state index is 13.7. The summed E-state index contributed by atoms with van der Waals surface area (Å²) in [6, 6.07) is 6.06. The van der Waals surface area contributed by atoms with Crippen molar-refractivity contribution in [2.45, 2.75) is 12.6 Å². The molecule has 0 aliphatic carbocycles. The number of carbonyl (C=O) groups is 1. The molecule has 4 nitrogen and oxygen atoms in total. The van der Waals surface area contributed by atoms with Crippen molar-refractivity contribution in [1.82, 2.24) is 5.16 Å². The van der Waals surface area contributed by atoms with Crippen LogP contribution in [-0.2, 0) is 17.4 Å². The molecule has 0 atom stereocenters. The van der Waals surface area contributed by atoms with E-state index in [9.17, 15) is 31.1 Å². The summed E-state index contributed by atoms with van der Waals surface area (Å²) in [5.74, 6) is -3.94. The lowest BCUT2D eigenvalue weighted by Gasteiger charge is -2.10. The molecule has 1 amide bonds. The van der Waals surface area contributed by atoms with Crippen molar-refractivity contribution in [3.8, 4) is 11.3 Å². The number of halogens is 6. The van der Waals surface area contributed by atoms with Gasteiger partial charge in [-0.1, -0.05) is 5.16 Å². The predicted molar refractivity (Wildman–Crippen MR) is 85.6 cm³/mol. The molecule has 146 valence electrons. The number of alkyl halides is 3. The molecule has 0 saturated carbocycles. The van der Waals surface area contributed by atoms with Gasteiger partial charge in [0.2, 0.25) is 5.91 Å². The third-order valence-electron chi connectivity index (χ3n) is 3.65. The Kier molecular flexibility index (Phi) is 5.12. The number of benzene rings is 2. The third kappa shape index (κ3) is 4.33. The molecule has 28 heavy (non-hydrogen) atoms. The minimum Gasteiger partial charge on any atom is -0.356 e. The minimum atomic E-state index is -4.91. The van der Waals surface area contributed by atoms with Gasteiger partial charge in [-0.3, -0.25) is 4.79 Å². The van der Waals surface area contributed by atoms with Gasteiger partial charge >= 0.3 is 6.18 Å². The molecule has 0 aliphatic rings. The van der Waals surface area contributed by atoms with Gasteiger partial charge in [0.1, 0.15) is 17.5 Å². The summed E-state index contributed by atoms with van der Waals surface area (Å²) in [5, 5.41) is 5.76. The van der Waals surface area contributed by atoms with E-state index in [4.69, 9.17) is 4.52 Å². The molecule has 0 bridgehead atoms. The first-order chi connectivity index (χ1) is 13.1. The van der Waals surface area contributed by atoms with E-state index in [2.05, 4.69) is 10.5 Å². The van der Waals surface area contributed by atoms with E-state index in [1.165, 1.54) is 6.07 Å². The van der Waals surface area contributed by atoms with Gasteiger partial charge in [-0.15, -0.1) is 0 Å². The van der Waals surface area contributed by atoms with E-state index in [-0.39, 0.29) is 22.7 Å². The van der Waals surface area contributed by atoms with Crippen molar-refractivity contribution >= 4 is 11.6 Å². The Labute approximate surface area is 153 Å². The summed E-state index contributed by atoms with van der Waals surface area (Å²) in [5.41, 5.74) is -1.78. The Morgan fingerprint density at radius 1 is 1.00 bits per heavy atom. The number of nitrogens with one attached hydrogen (secondary N) is 1. The fourth-order valence-corrected chi connectivity index (χ4v) is 2.40. The second-order valence-corrected chi connectivity index (χ2v) is 5.72. The average molecular weight is 400 g/mol. The van der Waals surface area contributed by atoms with Crippen LogP contribution in [-0.4, -0.2) is 11.1 Å². The van der Waals surface area contributed by atoms with Crippen LogP contribution in [0.25, 0.3) is 11.3 Å². The number of hydrogen-bond donors (Lipinski definition) is 1. The SMILES string of the molecule is O=C(Cc1cc(-c2ccc(F)cc2F)on1)Nc1ccc(F)c(C(F)(F)F)c1. The highest BCUT2D eigenvalue weighted by Gasteiger charge is 2.34. The molecule has 10 heteroatoms. The second-order valence-electron chi connectivity index (χ2n) is 5.72. The van der Waals surface area contributed by atoms with Crippen molar-refractivity contribution in [1.29, 1.82) is 0 Å². The highest BCUT2D eigenvalue weighted by Crippen LogP contribution is 2.33. The Balaban J connectivity index is 1.72. The molecule has 1 heterocycles. The van der Waals surface area contributed by atoms with Gasteiger partial charge in [0, 0.05) is 17.8 Å². The van der Waals surface area contributed by atoms with Crippen LogP contribution in [0.4, 0.5) is 32.0 Å². The second kappa shape index (κ2) is 7.37. The van der Waals surface area contributed by atoms with Crippen LogP contribution in [0.1, 0.15) is 11.3 Å². The normalized spacial score (nSPS) is 11.5. The van der Waals surface area contributed by atoms with Gasteiger partial charge < -0.3 is 9.84 Å². The number of hydrogen-bond acceptors (Lipinski definition) is 3. The average Bonchev–Trinajstić information content (AvgIpc) is 3.03. The fourth-order valence-electron chi connectivity index (χ4n) is 2.40. The van der Waals surface area contributed by atoms with E-state index in [0.717, 1.165) is 18.2 Å². The summed E-state index contributed by atoms with van der Waals surface area (Å²) >= 11 is 0. The zero-order valence-corrected chi connectivity index (χ0v) is 13.8. The fraction of sp³-hybridized carbons (Fsp3) is 0.111. The highest BCUT2D eigenvalue weighted by molar-refractivity contribution is 5.92. The predicted octanol–water partition coefficient (Wildman–Crippen LogP) is 4.96. The van der Waals surface area contributed by atoms with Crippen molar-refractivity contribution in [2.24, 2.45) is 0 Å². The van der Waals surface area contributed by atoms with Crippen LogP contribution in [0.5, 0.6) is 0 Å². The van der Waals surface area contributed by atoms with Crippen LogP contribution in [0.2, 0.25) is 0 Å². The largest absolute Gasteiger partial charge is 0.419 e. The molecular formula is C18H10F6N2O2. The van der Waals surface area contributed by atoms with Crippen LogP contribution in [0.3, 0.4) is 0 Å². The zero-order chi connectivity index (χ0) is 20.5. The van der Waals surface area contributed by atoms with Crippen LogP contribution < -0.4 is 5.32 Å². The van der Waals surface area contributed by atoms with E-state index in [0.29, 0.717) is 18.2 Å².